The van der Waals surface area contributed by atoms with Gasteiger partial charge in [0.2, 0.25) is 11.2 Å². The largest absolute Gasteiger partial charge is 0.508 e. The van der Waals surface area contributed by atoms with E-state index in [0.29, 0.717) is 34.8 Å². The van der Waals surface area contributed by atoms with E-state index in [1.54, 1.807) is 27.0 Å². The van der Waals surface area contributed by atoms with Crippen molar-refractivity contribution in [3.05, 3.63) is 99.2 Å². The minimum atomic E-state index is -0.758. The number of fused-ring (bicyclic) bond motifs is 3. The van der Waals surface area contributed by atoms with Crippen molar-refractivity contribution >= 4 is 22.8 Å². The van der Waals surface area contributed by atoms with Gasteiger partial charge in [-0.05, 0) is 87.9 Å². The first-order chi connectivity index (χ1) is 24.5. The summed E-state index contributed by atoms with van der Waals surface area (Å²) in [6.07, 6.45) is 3.59. The number of phenolic OH excluding ortho intramolecular Hbond substituents is 4. The lowest BCUT2D eigenvalue weighted by Gasteiger charge is -2.37. The highest BCUT2D eigenvalue weighted by atomic mass is 16.5. The molecule has 6 N–H and O–H groups in total. The number of ketones is 1. The predicted molar refractivity (Wildman–Crippen MR) is 192 cm³/mol. The molecule has 12 heteroatoms. The Morgan fingerprint density at radius 1 is 0.865 bits per heavy atom. The Kier molecular flexibility index (Phi) is 9.06. The van der Waals surface area contributed by atoms with Crippen LogP contribution in [0.4, 0.5) is 0 Å². The number of methoxy groups -OCH3 is 1. The summed E-state index contributed by atoms with van der Waals surface area (Å²) in [5.74, 6) is -0.231. The number of hydrogen-bond acceptors (Lipinski definition) is 12. The number of aliphatic hydroxyl groups is 1. The Balaban J connectivity index is 0.000000192. The molecule has 1 atom stereocenters. The molecule has 52 heavy (non-hydrogen) atoms. The zero-order valence-corrected chi connectivity index (χ0v) is 29.1. The molecule has 0 amide bonds. The van der Waals surface area contributed by atoms with Crippen LogP contribution in [0.2, 0.25) is 0 Å². The Labute approximate surface area is 298 Å². The van der Waals surface area contributed by atoms with Gasteiger partial charge in [0.25, 0.3) is 0 Å². The number of benzene rings is 4. The quantitative estimate of drug-likeness (QED) is 0.0873. The van der Waals surface area contributed by atoms with Crippen LogP contribution in [0.15, 0.2) is 76.0 Å². The summed E-state index contributed by atoms with van der Waals surface area (Å²) >= 11 is 0. The molecule has 2 aliphatic heterocycles. The van der Waals surface area contributed by atoms with Gasteiger partial charge >= 0.3 is 0 Å². The molecule has 0 saturated heterocycles. The molecular formula is C40H38O12. The van der Waals surface area contributed by atoms with Gasteiger partial charge in [-0.3, -0.25) is 9.59 Å². The molecular weight excluding hydrogens is 672 g/mol. The fourth-order valence-corrected chi connectivity index (χ4v) is 6.05. The maximum atomic E-state index is 13.1. The van der Waals surface area contributed by atoms with E-state index < -0.39 is 34.2 Å². The molecule has 12 nitrogen and oxygen atoms in total. The second kappa shape index (κ2) is 13.2. The minimum absolute atomic E-state index is 0.0505. The number of hydrogen-bond donors (Lipinski definition) is 6. The van der Waals surface area contributed by atoms with Gasteiger partial charge in [-0.15, -0.1) is 0 Å². The lowest BCUT2D eigenvalue weighted by molar-refractivity contribution is -0.0412. The van der Waals surface area contributed by atoms with Gasteiger partial charge in [-0.25, -0.2) is 0 Å². The first-order valence-electron chi connectivity index (χ1n) is 16.3. The number of aliphatic hydroxyl groups excluding tert-OH is 1. The third-order valence-corrected chi connectivity index (χ3v) is 8.97. The summed E-state index contributed by atoms with van der Waals surface area (Å²) in [7, 11) is 1.56. The SMILES string of the molecule is COc1c(CC(=O)c2cc3c(cc2O)OC(C)(C)C(O)C3)ccc2c1C=CC(C)(C)O2.O=c1c(O)c(-c2ccc(O)c(O)c2)oc2cc(O)ccc12. The average Bonchev–Trinajstić information content (AvgIpc) is 3.08. The summed E-state index contributed by atoms with van der Waals surface area (Å²) in [4.78, 5) is 25.2. The zero-order valence-electron chi connectivity index (χ0n) is 29.1. The van der Waals surface area contributed by atoms with Crippen molar-refractivity contribution in [1.82, 2.24) is 0 Å². The number of ether oxygens (including phenoxy) is 3. The Bertz CT molecular complexity index is 2320. The van der Waals surface area contributed by atoms with Gasteiger partial charge in [0.15, 0.2) is 23.0 Å². The molecule has 0 radical (unpaired) electrons. The number of phenols is 4. The molecule has 4 aromatic carbocycles. The molecule has 0 saturated carbocycles. The van der Waals surface area contributed by atoms with Crippen LogP contribution >= 0.6 is 0 Å². The summed E-state index contributed by atoms with van der Waals surface area (Å²) in [6.45, 7) is 7.52. The van der Waals surface area contributed by atoms with Gasteiger partial charge < -0.3 is 49.3 Å². The van der Waals surface area contributed by atoms with E-state index in [4.69, 9.17) is 18.6 Å². The highest BCUT2D eigenvalue weighted by molar-refractivity contribution is 6.01. The highest BCUT2D eigenvalue weighted by Gasteiger charge is 2.36. The molecule has 1 aromatic heterocycles. The van der Waals surface area contributed by atoms with Crippen molar-refractivity contribution in [3.8, 4) is 57.3 Å². The third kappa shape index (κ3) is 6.80. The molecule has 0 fully saturated rings. The topological polar surface area (TPSA) is 196 Å². The number of aromatic hydroxyl groups is 5. The van der Waals surface area contributed by atoms with Crippen molar-refractivity contribution in [2.45, 2.75) is 57.8 Å². The number of Topliss-reactive ketones (excluding diaryl/α,β-unsaturated/α-hetero) is 1. The zero-order chi connectivity index (χ0) is 37.7. The smallest absolute Gasteiger partial charge is 0.235 e. The molecule has 2 aliphatic rings. The van der Waals surface area contributed by atoms with Crippen LogP contribution in [-0.4, -0.2) is 60.8 Å². The van der Waals surface area contributed by atoms with Crippen molar-refractivity contribution in [2.75, 3.05) is 7.11 Å². The first-order valence-corrected chi connectivity index (χ1v) is 16.3. The summed E-state index contributed by atoms with van der Waals surface area (Å²) < 4.78 is 22.8. The fraction of sp³-hybridized carbons (Fsp3) is 0.250. The van der Waals surface area contributed by atoms with Crippen LogP contribution in [0.3, 0.4) is 0 Å². The van der Waals surface area contributed by atoms with Gasteiger partial charge in [-0.1, -0.05) is 6.07 Å². The molecule has 0 spiro atoms. The third-order valence-electron chi connectivity index (χ3n) is 8.97. The van der Waals surface area contributed by atoms with Crippen LogP contribution in [0.5, 0.6) is 46.0 Å². The van der Waals surface area contributed by atoms with Crippen molar-refractivity contribution < 1.29 is 54.1 Å². The van der Waals surface area contributed by atoms with E-state index in [0.717, 1.165) is 11.6 Å². The van der Waals surface area contributed by atoms with Gasteiger partial charge in [-0.2, -0.15) is 0 Å². The molecule has 270 valence electrons. The van der Waals surface area contributed by atoms with E-state index in [2.05, 4.69) is 0 Å². The van der Waals surface area contributed by atoms with Crippen LogP contribution in [-0.2, 0) is 12.8 Å². The Hall–Kier alpha value is -6.14. The van der Waals surface area contributed by atoms with E-state index in [9.17, 15) is 40.2 Å². The number of rotatable bonds is 5. The fourth-order valence-electron chi connectivity index (χ4n) is 6.05. The highest BCUT2D eigenvalue weighted by Crippen LogP contribution is 2.41. The van der Waals surface area contributed by atoms with E-state index in [1.165, 1.54) is 36.4 Å². The van der Waals surface area contributed by atoms with Gasteiger partial charge in [0.05, 0.1) is 29.7 Å². The Morgan fingerprint density at radius 3 is 2.33 bits per heavy atom. The van der Waals surface area contributed by atoms with E-state index in [-0.39, 0.29) is 57.3 Å². The molecule has 1 unspecified atom stereocenters. The summed E-state index contributed by atoms with van der Waals surface area (Å²) in [6, 6.07) is 14.4. The van der Waals surface area contributed by atoms with Crippen molar-refractivity contribution in [3.63, 3.8) is 0 Å². The lowest BCUT2D eigenvalue weighted by atomic mass is 9.89. The normalized spacial score (nSPS) is 16.4. The Morgan fingerprint density at radius 2 is 1.62 bits per heavy atom. The van der Waals surface area contributed by atoms with Crippen molar-refractivity contribution in [2.24, 2.45) is 0 Å². The minimum Gasteiger partial charge on any atom is -0.508 e. The number of carbonyl (C=O) groups excluding carboxylic acids is 1. The molecule has 7 rings (SSSR count). The van der Waals surface area contributed by atoms with Crippen LogP contribution < -0.4 is 19.6 Å². The van der Waals surface area contributed by atoms with E-state index >= 15 is 0 Å². The van der Waals surface area contributed by atoms with Gasteiger partial charge in [0.1, 0.15) is 45.5 Å². The maximum Gasteiger partial charge on any atom is 0.235 e. The second-order valence-corrected chi connectivity index (χ2v) is 13.7. The van der Waals surface area contributed by atoms with Crippen molar-refractivity contribution in [1.29, 1.82) is 0 Å². The molecule has 3 heterocycles. The average molecular weight is 711 g/mol. The van der Waals surface area contributed by atoms with Crippen LogP contribution in [0.1, 0.15) is 54.7 Å². The van der Waals surface area contributed by atoms with Gasteiger partial charge in [0, 0.05) is 36.1 Å². The molecule has 5 aromatic rings. The summed E-state index contributed by atoms with van der Waals surface area (Å²) in [5.41, 5.74) is 0.876. The maximum absolute atomic E-state index is 13.1. The number of carbonyl (C=O) groups is 1. The molecule has 0 aliphatic carbocycles. The first kappa shape index (κ1) is 35.7. The van der Waals surface area contributed by atoms with E-state index in [1.807, 2.05) is 38.1 Å². The lowest BCUT2D eigenvalue weighted by Crippen LogP contribution is -2.46. The van der Waals surface area contributed by atoms with Crippen LogP contribution in [0, 0.1) is 0 Å². The second-order valence-electron chi connectivity index (χ2n) is 13.7. The summed E-state index contributed by atoms with van der Waals surface area (Å²) in [5, 5.41) is 59.1. The predicted octanol–water partition coefficient (Wildman–Crippen LogP) is 6.37. The standard InChI is InChI=1S/C25H28O6.C15H10O6/c1-24(2)9-8-16-20(30-24)7-6-14(23(16)29-5)11-18(26)17-10-15-12-22(28)25(3,4)31-21(15)13-19(17)27;16-8-2-3-9-12(6-8)21-15(14(20)13(9)19)7-1-4-10(17)11(18)5-7/h6-10,13,22,27-28H,11-12H2,1-5H3;1-6,16-18,20H. The van der Waals surface area contributed by atoms with Crippen LogP contribution in [0.25, 0.3) is 28.4 Å². The monoisotopic (exact) mass is 710 g/mol. The molecule has 0 bridgehead atoms.